The second-order valence-electron chi connectivity index (χ2n) is 5.13. The summed E-state index contributed by atoms with van der Waals surface area (Å²) < 4.78 is 5.39. The number of ether oxygens (including phenoxy) is 1. The Morgan fingerprint density at radius 2 is 2.27 bits per heavy atom. The third kappa shape index (κ3) is 3.71. The molecule has 120 valence electrons. The first kappa shape index (κ1) is 16.2. The van der Waals surface area contributed by atoms with E-state index >= 15 is 0 Å². The van der Waals surface area contributed by atoms with Crippen molar-refractivity contribution >= 4 is 16.9 Å². The number of aromatic amines is 1. The molecule has 0 aliphatic carbocycles. The van der Waals surface area contributed by atoms with Crippen molar-refractivity contribution in [2.24, 2.45) is 0 Å². The minimum absolute atomic E-state index is 0.0520. The van der Waals surface area contributed by atoms with Crippen molar-refractivity contribution in [3.8, 4) is 5.75 Å². The molecule has 0 aliphatic rings. The largest absolute Gasteiger partial charge is 0.496 e. The average Bonchev–Trinajstić information content (AvgIpc) is 2.96. The van der Waals surface area contributed by atoms with Gasteiger partial charge in [0.15, 0.2) is 0 Å². The van der Waals surface area contributed by atoms with Gasteiger partial charge in [-0.05, 0) is 30.5 Å². The van der Waals surface area contributed by atoms with Gasteiger partial charge in [-0.25, -0.2) is 4.79 Å². The molecule has 2 amide bonds. The van der Waals surface area contributed by atoms with E-state index in [9.17, 15) is 4.79 Å². The number of benzene rings is 1. The molecule has 4 N–H and O–H groups in total. The highest BCUT2D eigenvalue weighted by molar-refractivity contribution is 5.89. The van der Waals surface area contributed by atoms with E-state index < -0.39 is 0 Å². The summed E-state index contributed by atoms with van der Waals surface area (Å²) in [6, 6.07) is 5.40. The number of methoxy groups -OCH3 is 1. The van der Waals surface area contributed by atoms with E-state index in [0.29, 0.717) is 19.4 Å². The van der Waals surface area contributed by atoms with Crippen LogP contribution in [-0.2, 0) is 6.42 Å². The van der Waals surface area contributed by atoms with Gasteiger partial charge < -0.3 is 25.5 Å². The number of amides is 2. The predicted molar refractivity (Wildman–Crippen MR) is 86.3 cm³/mol. The maximum atomic E-state index is 11.7. The smallest absolute Gasteiger partial charge is 0.315 e. The molecular weight excluding hydrogens is 282 g/mol. The molecule has 0 spiro atoms. The Kier molecular flexibility index (Phi) is 5.66. The number of aliphatic hydroxyl groups excluding tert-OH is 1. The Morgan fingerprint density at radius 1 is 1.45 bits per heavy atom. The van der Waals surface area contributed by atoms with Crippen LogP contribution in [0.15, 0.2) is 24.4 Å². The third-order valence-electron chi connectivity index (χ3n) is 3.70. The second kappa shape index (κ2) is 7.70. The van der Waals surface area contributed by atoms with E-state index in [0.717, 1.165) is 22.2 Å². The van der Waals surface area contributed by atoms with Crippen LogP contribution in [0.1, 0.15) is 18.9 Å². The number of carbonyl (C=O) groups is 1. The number of H-pyrrole nitrogens is 1. The Hall–Kier alpha value is -2.21. The first-order valence-electron chi connectivity index (χ1n) is 7.47. The number of carbonyl (C=O) groups excluding carboxylic acids is 1. The van der Waals surface area contributed by atoms with Crippen LogP contribution < -0.4 is 15.4 Å². The number of urea groups is 1. The van der Waals surface area contributed by atoms with Crippen molar-refractivity contribution < 1.29 is 14.6 Å². The quantitative estimate of drug-likeness (QED) is 0.629. The van der Waals surface area contributed by atoms with Crippen LogP contribution in [0.2, 0.25) is 0 Å². The number of fused-ring (bicyclic) bond motifs is 1. The topological polar surface area (TPSA) is 86.4 Å². The summed E-state index contributed by atoms with van der Waals surface area (Å²) in [5.41, 5.74) is 2.12. The van der Waals surface area contributed by atoms with Crippen LogP contribution in [0.5, 0.6) is 5.75 Å². The molecule has 1 unspecified atom stereocenters. The molecule has 6 nitrogen and oxygen atoms in total. The van der Waals surface area contributed by atoms with Gasteiger partial charge in [-0.1, -0.05) is 13.0 Å². The van der Waals surface area contributed by atoms with Crippen LogP contribution in [0.25, 0.3) is 10.9 Å². The first-order valence-corrected chi connectivity index (χ1v) is 7.47. The van der Waals surface area contributed by atoms with Crippen molar-refractivity contribution in [1.82, 2.24) is 15.6 Å². The molecule has 0 saturated heterocycles. The molecule has 22 heavy (non-hydrogen) atoms. The lowest BCUT2D eigenvalue weighted by atomic mass is 10.1. The zero-order valence-electron chi connectivity index (χ0n) is 13.0. The Labute approximate surface area is 129 Å². The number of hydrogen-bond donors (Lipinski definition) is 4. The van der Waals surface area contributed by atoms with Gasteiger partial charge in [-0.15, -0.1) is 0 Å². The van der Waals surface area contributed by atoms with Crippen molar-refractivity contribution in [2.45, 2.75) is 25.8 Å². The highest BCUT2D eigenvalue weighted by atomic mass is 16.5. The molecule has 1 aromatic heterocycles. The van der Waals surface area contributed by atoms with Crippen molar-refractivity contribution in [3.63, 3.8) is 0 Å². The molecular formula is C16H23N3O3. The molecule has 1 heterocycles. The maximum Gasteiger partial charge on any atom is 0.315 e. The fourth-order valence-corrected chi connectivity index (χ4v) is 2.41. The molecule has 0 fully saturated rings. The summed E-state index contributed by atoms with van der Waals surface area (Å²) in [6.07, 6.45) is 3.34. The summed E-state index contributed by atoms with van der Waals surface area (Å²) in [6.45, 7) is 2.38. The Balaban J connectivity index is 1.94. The highest BCUT2D eigenvalue weighted by Crippen LogP contribution is 2.28. The number of aliphatic hydroxyl groups is 1. The normalized spacial score (nSPS) is 12.1. The van der Waals surface area contributed by atoms with Crippen LogP contribution >= 0.6 is 0 Å². The van der Waals surface area contributed by atoms with E-state index in [1.807, 2.05) is 31.3 Å². The fourth-order valence-electron chi connectivity index (χ4n) is 2.41. The monoisotopic (exact) mass is 305 g/mol. The minimum Gasteiger partial charge on any atom is -0.496 e. The lowest BCUT2D eigenvalue weighted by Gasteiger charge is -2.14. The van der Waals surface area contributed by atoms with Gasteiger partial charge in [0.2, 0.25) is 0 Å². The predicted octanol–water partition coefficient (Wildman–Crippen LogP) is 1.79. The van der Waals surface area contributed by atoms with Gasteiger partial charge >= 0.3 is 6.03 Å². The van der Waals surface area contributed by atoms with Gasteiger partial charge in [0.05, 0.1) is 19.8 Å². The van der Waals surface area contributed by atoms with Crippen molar-refractivity contribution in [1.29, 1.82) is 0 Å². The van der Waals surface area contributed by atoms with Gasteiger partial charge in [0.1, 0.15) is 5.75 Å². The summed E-state index contributed by atoms with van der Waals surface area (Å²) in [4.78, 5) is 14.9. The van der Waals surface area contributed by atoms with E-state index in [1.54, 1.807) is 7.11 Å². The minimum atomic E-state index is -0.257. The fraction of sp³-hybridized carbons (Fsp3) is 0.438. The van der Waals surface area contributed by atoms with E-state index in [4.69, 9.17) is 9.84 Å². The second-order valence-corrected chi connectivity index (χ2v) is 5.13. The van der Waals surface area contributed by atoms with Crippen molar-refractivity contribution in [2.75, 3.05) is 20.3 Å². The van der Waals surface area contributed by atoms with Crippen molar-refractivity contribution in [3.05, 3.63) is 30.0 Å². The van der Waals surface area contributed by atoms with Crippen LogP contribution in [-0.4, -0.2) is 42.4 Å². The molecule has 1 atom stereocenters. The first-order chi connectivity index (χ1) is 10.7. The van der Waals surface area contributed by atoms with Crippen LogP contribution in [0.4, 0.5) is 4.79 Å². The van der Waals surface area contributed by atoms with Crippen LogP contribution in [0, 0.1) is 0 Å². The Morgan fingerprint density at radius 3 is 2.95 bits per heavy atom. The molecule has 0 aliphatic heterocycles. The van der Waals surface area contributed by atoms with Gasteiger partial charge in [-0.3, -0.25) is 0 Å². The van der Waals surface area contributed by atoms with Crippen LogP contribution in [0.3, 0.4) is 0 Å². The Bertz CT molecular complexity index is 620. The summed E-state index contributed by atoms with van der Waals surface area (Å²) >= 11 is 0. The number of nitrogens with one attached hydrogen (secondary N) is 3. The van der Waals surface area contributed by atoms with Gasteiger partial charge in [0.25, 0.3) is 0 Å². The zero-order chi connectivity index (χ0) is 15.9. The molecule has 2 aromatic rings. The lowest BCUT2D eigenvalue weighted by molar-refractivity contribution is 0.214. The summed E-state index contributed by atoms with van der Waals surface area (Å²) in [5, 5.41) is 15.6. The maximum absolute atomic E-state index is 11.7. The molecule has 0 saturated carbocycles. The molecule has 0 bridgehead atoms. The summed E-state index contributed by atoms with van der Waals surface area (Å²) in [5.74, 6) is 0.824. The lowest BCUT2D eigenvalue weighted by Crippen LogP contribution is -2.44. The number of aromatic nitrogens is 1. The molecule has 6 heteroatoms. The molecule has 1 aromatic carbocycles. The van der Waals surface area contributed by atoms with E-state index in [2.05, 4.69) is 15.6 Å². The SMILES string of the molecule is CCC(CO)NC(=O)NCCc1c[nH]c2cccc(OC)c12. The van der Waals surface area contributed by atoms with Gasteiger partial charge in [0, 0.05) is 23.6 Å². The standard InChI is InChI=1S/C16H23N3O3/c1-3-12(10-20)19-16(21)17-8-7-11-9-18-13-5-4-6-14(22-2)15(11)13/h4-6,9,12,18,20H,3,7-8,10H2,1-2H3,(H2,17,19,21). The third-order valence-corrected chi connectivity index (χ3v) is 3.70. The number of hydrogen-bond acceptors (Lipinski definition) is 3. The van der Waals surface area contributed by atoms with E-state index in [1.165, 1.54) is 0 Å². The van der Waals surface area contributed by atoms with Gasteiger partial charge in [-0.2, -0.15) is 0 Å². The zero-order valence-corrected chi connectivity index (χ0v) is 13.0. The highest BCUT2D eigenvalue weighted by Gasteiger charge is 2.11. The number of rotatable bonds is 7. The summed E-state index contributed by atoms with van der Waals surface area (Å²) in [7, 11) is 1.65. The average molecular weight is 305 g/mol. The molecule has 2 rings (SSSR count). The molecule has 0 radical (unpaired) electrons. The van der Waals surface area contributed by atoms with E-state index in [-0.39, 0.29) is 18.7 Å².